The van der Waals surface area contributed by atoms with Crippen LogP contribution in [0.5, 0.6) is 0 Å². The van der Waals surface area contributed by atoms with Crippen LogP contribution in [0.2, 0.25) is 0 Å². The van der Waals surface area contributed by atoms with Crippen molar-refractivity contribution in [3.05, 3.63) is 30.3 Å². The molecule has 0 amide bonds. The van der Waals surface area contributed by atoms with Crippen LogP contribution in [-0.2, 0) is 0 Å². The van der Waals surface area contributed by atoms with E-state index in [-0.39, 0.29) is 0 Å². The van der Waals surface area contributed by atoms with E-state index in [9.17, 15) is 0 Å². The summed E-state index contributed by atoms with van der Waals surface area (Å²) >= 11 is 0. The molecule has 0 radical (unpaired) electrons. The van der Waals surface area contributed by atoms with Gasteiger partial charge < -0.3 is 5.32 Å². The van der Waals surface area contributed by atoms with Gasteiger partial charge in [0.15, 0.2) is 0 Å². The standard InChI is InChI=1S/C15H21N5/c1-11-7-6-10-14(12(11)2)16-15-17-18-19-20(15)13-8-4-3-5-9-13/h3-5,8-9,11-12,14H,6-7,10H2,1-2H3,(H,16,17,19)/t11-,12+,14+/m1/s1. The van der Waals surface area contributed by atoms with Crippen LogP contribution < -0.4 is 5.32 Å². The zero-order chi connectivity index (χ0) is 13.9. The van der Waals surface area contributed by atoms with Gasteiger partial charge in [0.05, 0.1) is 5.69 Å². The molecule has 1 heterocycles. The monoisotopic (exact) mass is 271 g/mol. The molecule has 5 nitrogen and oxygen atoms in total. The molecule has 0 spiro atoms. The lowest BCUT2D eigenvalue weighted by Gasteiger charge is -2.34. The van der Waals surface area contributed by atoms with Gasteiger partial charge >= 0.3 is 0 Å². The van der Waals surface area contributed by atoms with Gasteiger partial charge in [-0.2, -0.15) is 4.68 Å². The van der Waals surface area contributed by atoms with Crippen LogP contribution in [-0.4, -0.2) is 26.2 Å². The van der Waals surface area contributed by atoms with Crippen LogP contribution in [0.3, 0.4) is 0 Å². The maximum Gasteiger partial charge on any atom is 0.247 e. The van der Waals surface area contributed by atoms with Crippen LogP contribution in [0.4, 0.5) is 5.95 Å². The number of hydrogen-bond donors (Lipinski definition) is 1. The molecule has 1 aromatic carbocycles. The summed E-state index contributed by atoms with van der Waals surface area (Å²) in [5.74, 6) is 2.13. The van der Waals surface area contributed by atoms with Crippen LogP contribution in [0.25, 0.3) is 5.69 Å². The van der Waals surface area contributed by atoms with Gasteiger partial charge in [-0.3, -0.25) is 0 Å². The second-order valence-corrected chi connectivity index (χ2v) is 5.77. The molecule has 2 aromatic rings. The number of benzene rings is 1. The van der Waals surface area contributed by atoms with E-state index in [1.807, 2.05) is 30.3 Å². The lowest BCUT2D eigenvalue weighted by molar-refractivity contribution is 0.252. The summed E-state index contributed by atoms with van der Waals surface area (Å²) in [6, 6.07) is 10.4. The molecule has 1 N–H and O–H groups in total. The van der Waals surface area contributed by atoms with Crippen molar-refractivity contribution in [1.29, 1.82) is 0 Å². The van der Waals surface area contributed by atoms with E-state index < -0.39 is 0 Å². The number of nitrogens with one attached hydrogen (secondary N) is 1. The Morgan fingerprint density at radius 3 is 2.75 bits per heavy atom. The lowest BCUT2D eigenvalue weighted by atomic mass is 9.78. The number of hydrogen-bond acceptors (Lipinski definition) is 4. The minimum Gasteiger partial charge on any atom is -0.350 e. The summed E-state index contributed by atoms with van der Waals surface area (Å²) < 4.78 is 1.77. The summed E-state index contributed by atoms with van der Waals surface area (Å²) in [7, 11) is 0. The normalized spacial score (nSPS) is 26.4. The Balaban J connectivity index is 1.80. The largest absolute Gasteiger partial charge is 0.350 e. The molecule has 0 aliphatic heterocycles. The predicted octanol–water partition coefficient (Wildman–Crippen LogP) is 2.90. The molecule has 3 rings (SSSR count). The Hall–Kier alpha value is -1.91. The Labute approximate surface area is 119 Å². The second kappa shape index (κ2) is 5.61. The Morgan fingerprint density at radius 2 is 1.95 bits per heavy atom. The first-order chi connectivity index (χ1) is 9.75. The second-order valence-electron chi connectivity index (χ2n) is 5.77. The fraction of sp³-hybridized carbons (Fsp3) is 0.533. The summed E-state index contributed by atoms with van der Waals surface area (Å²) in [5, 5.41) is 15.6. The highest BCUT2D eigenvalue weighted by Crippen LogP contribution is 2.31. The molecule has 0 bridgehead atoms. The fourth-order valence-electron chi connectivity index (χ4n) is 2.97. The molecule has 20 heavy (non-hydrogen) atoms. The third kappa shape index (κ3) is 2.53. The van der Waals surface area contributed by atoms with Crippen LogP contribution >= 0.6 is 0 Å². The highest BCUT2D eigenvalue weighted by Gasteiger charge is 2.28. The zero-order valence-electron chi connectivity index (χ0n) is 12.0. The topological polar surface area (TPSA) is 55.6 Å². The predicted molar refractivity (Wildman–Crippen MR) is 78.7 cm³/mol. The quantitative estimate of drug-likeness (QED) is 0.932. The van der Waals surface area contributed by atoms with Crippen molar-refractivity contribution in [2.24, 2.45) is 11.8 Å². The van der Waals surface area contributed by atoms with Crippen LogP contribution in [0.1, 0.15) is 33.1 Å². The van der Waals surface area contributed by atoms with Crippen molar-refractivity contribution in [1.82, 2.24) is 20.2 Å². The molecule has 1 aromatic heterocycles. The molecular weight excluding hydrogens is 250 g/mol. The summed E-state index contributed by atoms with van der Waals surface area (Å²) in [4.78, 5) is 0. The summed E-state index contributed by atoms with van der Waals surface area (Å²) in [6.45, 7) is 4.65. The van der Waals surface area contributed by atoms with Gasteiger partial charge in [0.25, 0.3) is 0 Å². The third-order valence-electron chi connectivity index (χ3n) is 4.49. The molecule has 1 aliphatic rings. The average molecular weight is 271 g/mol. The van der Waals surface area contributed by atoms with Crippen LogP contribution in [0.15, 0.2) is 30.3 Å². The molecule has 1 saturated carbocycles. The van der Waals surface area contributed by atoms with Crippen molar-refractivity contribution in [3.63, 3.8) is 0 Å². The molecule has 0 unspecified atom stereocenters. The smallest absolute Gasteiger partial charge is 0.247 e. The van der Waals surface area contributed by atoms with Crippen molar-refractivity contribution in [2.75, 3.05) is 5.32 Å². The highest BCUT2D eigenvalue weighted by atomic mass is 15.6. The average Bonchev–Trinajstić information content (AvgIpc) is 2.93. The van der Waals surface area contributed by atoms with Gasteiger partial charge in [0.1, 0.15) is 0 Å². The van der Waals surface area contributed by atoms with Crippen molar-refractivity contribution < 1.29 is 0 Å². The van der Waals surface area contributed by atoms with E-state index in [0.29, 0.717) is 12.0 Å². The molecule has 5 heteroatoms. The van der Waals surface area contributed by atoms with Crippen molar-refractivity contribution in [3.8, 4) is 5.69 Å². The fourth-order valence-corrected chi connectivity index (χ4v) is 2.97. The first-order valence-corrected chi connectivity index (χ1v) is 7.36. The van der Waals surface area contributed by atoms with E-state index >= 15 is 0 Å². The number of anilines is 1. The van der Waals surface area contributed by atoms with E-state index in [4.69, 9.17) is 0 Å². The number of rotatable bonds is 3. The maximum atomic E-state index is 4.14. The third-order valence-corrected chi connectivity index (χ3v) is 4.49. The van der Waals surface area contributed by atoms with Gasteiger partial charge in [-0.15, -0.1) is 0 Å². The Morgan fingerprint density at radius 1 is 1.15 bits per heavy atom. The molecule has 1 fully saturated rings. The van der Waals surface area contributed by atoms with Crippen LogP contribution in [0, 0.1) is 11.8 Å². The first kappa shape index (κ1) is 13.1. The number of para-hydroxylation sites is 1. The molecule has 106 valence electrons. The van der Waals surface area contributed by atoms with E-state index in [1.165, 1.54) is 19.3 Å². The Kier molecular flexibility index (Phi) is 3.67. The van der Waals surface area contributed by atoms with Crippen molar-refractivity contribution >= 4 is 5.95 Å². The molecule has 1 aliphatic carbocycles. The van der Waals surface area contributed by atoms with Gasteiger partial charge in [0.2, 0.25) is 5.95 Å². The minimum atomic E-state index is 0.451. The molecule has 3 atom stereocenters. The van der Waals surface area contributed by atoms with Gasteiger partial charge in [-0.1, -0.05) is 50.0 Å². The highest BCUT2D eigenvalue weighted by molar-refractivity contribution is 5.39. The first-order valence-electron chi connectivity index (χ1n) is 7.36. The number of nitrogens with zero attached hydrogens (tertiary/aromatic N) is 4. The van der Waals surface area contributed by atoms with E-state index in [0.717, 1.165) is 17.6 Å². The zero-order valence-corrected chi connectivity index (χ0v) is 12.0. The number of tetrazole rings is 1. The van der Waals surface area contributed by atoms with E-state index in [1.54, 1.807) is 4.68 Å². The van der Waals surface area contributed by atoms with Gasteiger partial charge in [-0.25, -0.2) is 0 Å². The molecule has 0 saturated heterocycles. The van der Waals surface area contributed by atoms with E-state index in [2.05, 4.69) is 34.7 Å². The van der Waals surface area contributed by atoms with Gasteiger partial charge in [-0.05, 0) is 40.8 Å². The molecular formula is C15H21N5. The maximum absolute atomic E-state index is 4.14. The SMILES string of the molecule is C[C@H]1[C@H](C)CCC[C@@H]1Nc1nnnn1-c1ccccc1. The minimum absolute atomic E-state index is 0.451. The summed E-state index contributed by atoms with van der Waals surface area (Å²) in [5.41, 5.74) is 0.983. The van der Waals surface area contributed by atoms with Gasteiger partial charge in [0, 0.05) is 6.04 Å². The van der Waals surface area contributed by atoms with Crippen molar-refractivity contribution in [2.45, 2.75) is 39.2 Å². The lowest BCUT2D eigenvalue weighted by Crippen LogP contribution is -2.35. The summed E-state index contributed by atoms with van der Waals surface area (Å²) in [6.07, 6.45) is 3.78. The number of aromatic nitrogens is 4. The Bertz CT molecular complexity index is 550.